The first kappa shape index (κ1) is 51.9. The van der Waals surface area contributed by atoms with Gasteiger partial charge in [0.1, 0.15) is 36.9 Å². The second kappa shape index (κ2) is 24.3. The molecule has 0 spiro atoms. The normalized spacial score (nSPS) is 10.7. The molecule has 0 atom stereocenters. The van der Waals surface area contributed by atoms with Gasteiger partial charge in [0.05, 0.1) is 14.6 Å². The molecule has 0 saturated carbocycles. The fourth-order valence-corrected chi connectivity index (χ4v) is 8.09. The fraction of sp³-hybridized carbons (Fsp3) is 0.220. The van der Waals surface area contributed by atoms with E-state index in [1.54, 1.807) is 99.5 Å². The molecule has 0 saturated heterocycles. The van der Waals surface area contributed by atoms with Crippen molar-refractivity contribution in [3.63, 3.8) is 0 Å². The zero-order valence-electron chi connectivity index (χ0n) is 32.0. The summed E-state index contributed by atoms with van der Waals surface area (Å²) >= 11 is 23.2. The van der Waals surface area contributed by atoms with Crippen molar-refractivity contribution in [1.29, 1.82) is 0 Å². The van der Waals surface area contributed by atoms with Crippen LogP contribution in [0.5, 0.6) is 0 Å². The molecule has 0 fully saturated rings. The van der Waals surface area contributed by atoms with E-state index in [9.17, 15) is 17.9 Å². The predicted octanol–water partition coefficient (Wildman–Crippen LogP) is 13.0. The topological polar surface area (TPSA) is 144 Å². The highest BCUT2D eigenvalue weighted by Crippen LogP contribution is 2.41. The Labute approximate surface area is 376 Å². The van der Waals surface area contributed by atoms with Gasteiger partial charge < -0.3 is 25.3 Å². The molecule has 18 heteroatoms. The number of hydrogen-bond acceptors (Lipinski definition) is 9. The minimum Gasteiger partial charge on any atom is -0.398 e. The smallest absolute Gasteiger partial charge is 0.224 e. The molecule has 4 aromatic carbocycles. The van der Waals surface area contributed by atoms with Crippen molar-refractivity contribution in [3.05, 3.63) is 134 Å². The maximum Gasteiger partial charge on any atom is 0.224 e. The number of benzene rings is 4. The summed E-state index contributed by atoms with van der Waals surface area (Å²) < 4.78 is 54.1. The third kappa shape index (κ3) is 16.3. The van der Waals surface area contributed by atoms with Gasteiger partial charge in [-0.15, -0.1) is 0 Å². The van der Waals surface area contributed by atoms with Crippen LogP contribution in [0, 0.1) is 11.6 Å². The van der Waals surface area contributed by atoms with E-state index < -0.39 is 14.3 Å². The summed E-state index contributed by atoms with van der Waals surface area (Å²) in [5, 5.41) is 13.0. The molecule has 316 valence electrons. The number of hydrogen-bond donors (Lipinski definition) is 3. The van der Waals surface area contributed by atoms with Gasteiger partial charge in [-0.2, -0.15) is 4.98 Å². The number of aromatic nitrogens is 4. The minimum atomic E-state index is -2.66. The Kier molecular flexibility index (Phi) is 21.3. The van der Waals surface area contributed by atoms with Gasteiger partial charge in [0.15, 0.2) is 0 Å². The van der Waals surface area contributed by atoms with E-state index in [2.05, 4.69) is 64.0 Å². The van der Waals surface area contributed by atoms with Gasteiger partial charge in [-0.1, -0.05) is 80.9 Å². The maximum atomic E-state index is 14.1. The molecule has 0 bridgehead atoms. The highest BCUT2D eigenvalue weighted by atomic mass is 79.9. The number of aliphatic hydroxyl groups is 1. The Morgan fingerprint density at radius 1 is 0.729 bits per heavy atom. The summed E-state index contributed by atoms with van der Waals surface area (Å²) in [5.74, 6) is -0.167. The molecule has 0 radical (unpaired) electrons. The zero-order valence-corrected chi connectivity index (χ0v) is 39.3. The number of anilines is 3. The Morgan fingerprint density at radius 2 is 1.20 bits per heavy atom. The van der Waals surface area contributed by atoms with Crippen LogP contribution in [0.2, 0.25) is 15.7 Å². The summed E-state index contributed by atoms with van der Waals surface area (Å²) in [7, 11) is -5.12. The van der Waals surface area contributed by atoms with Gasteiger partial charge >= 0.3 is 0 Å². The third-order valence-corrected chi connectivity index (χ3v) is 12.8. The Balaban J connectivity index is 0.000000313. The van der Waals surface area contributed by atoms with Crippen molar-refractivity contribution < 1.29 is 23.0 Å². The first-order chi connectivity index (χ1) is 27.3. The number of halogens is 7. The Morgan fingerprint density at radius 3 is 1.64 bits per heavy atom. The quantitative estimate of drug-likeness (QED) is 0.0587. The van der Waals surface area contributed by atoms with Crippen LogP contribution in [0.1, 0.15) is 27.2 Å². The van der Waals surface area contributed by atoms with Gasteiger partial charge in [0.2, 0.25) is 10.6 Å². The summed E-state index contributed by atoms with van der Waals surface area (Å²) in [6.45, 7) is 9.04. The van der Waals surface area contributed by atoms with Crippen molar-refractivity contribution in [2.75, 3.05) is 44.3 Å². The average molecular weight is 1040 g/mol. The van der Waals surface area contributed by atoms with E-state index in [0.29, 0.717) is 70.8 Å². The Hall–Kier alpha value is -3.25. The summed E-state index contributed by atoms with van der Waals surface area (Å²) in [6, 6.07) is 23.4. The average Bonchev–Trinajstić information content (AvgIpc) is 3.16. The molecule has 0 aliphatic carbocycles. The van der Waals surface area contributed by atoms with Crippen LogP contribution >= 0.6 is 80.9 Å². The van der Waals surface area contributed by atoms with Gasteiger partial charge in [0, 0.05) is 46.4 Å². The molecule has 59 heavy (non-hydrogen) atoms. The molecule has 2 heterocycles. The van der Waals surface area contributed by atoms with Crippen molar-refractivity contribution in [1.82, 2.24) is 19.9 Å². The lowest BCUT2D eigenvalue weighted by Gasteiger charge is -2.17. The minimum absolute atomic E-state index is 0. The highest BCUT2D eigenvalue weighted by Gasteiger charge is 2.20. The van der Waals surface area contributed by atoms with Crippen molar-refractivity contribution in [2.45, 2.75) is 27.2 Å². The van der Waals surface area contributed by atoms with Crippen molar-refractivity contribution in [2.24, 2.45) is 0 Å². The van der Waals surface area contributed by atoms with Gasteiger partial charge in [-0.25, -0.2) is 23.7 Å². The number of rotatable bonds is 8. The first-order valence-corrected chi connectivity index (χ1v) is 25.2. The van der Waals surface area contributed by atoms with E-state index >= 15 is 0 Å². The first-order valence-electron chi connectivity index (χ1n) is 17.3. The van der Waals surface area contributed by atoms with Crippen LogP contribution in [-0.2, 0) is 9.13 Å². The summed E-state index contributed by atoms with van der Waals surface area (Å²) in [5.41, 5.74) is 9.24. The zero-order chi connectivity index (χ0) is 43.2. The van der Waals surface area contributed by atoms with E-state index in [1.807, 2.05) is 0 Å². The monoisotopic (exact) mass is 1030 g/mol. The highest BCUT2D eigenvalue weighted by molar-refractivity contribution is 9.11. The molecular formula is C41H45Br2Cl3F2N6O3P2. The molecule has 2 aromatic heterocycles. The third-order valence-electron chi connectivity index (χ3n) is 7.71. The lowest BCUT2D eigenvalue weighted by atomic mass is 10.0. The molecular weight excluding hydrogens is 991 g/mol. The van der Waals surface area contributed by atoms with Crippen LogP contribution in [0.4, 0.5) is 26.0 Å². The van der Waals surface area contributed by atoms with E-state index in [4.69, 9.17) is 45.6 Å². The number of nitrogens with zero attached hydrogens (tertiary/aromatic N) is 4. The standard InChI is InChI=1S/C18H15BrClFN3OP.C14H15FNOP.C4HBrCl2N2.C4H10O.CH4/c1-26(2,25)16-9-11(12-5-3-4-6-14(12)21)7-8-15(16)23-17-13(19)10-22-18(20)24-17;1-18(2,17)14-9-10(7-8-13(14)16)11-5-3-4-6-12(11)15;5-2-1-8-4(7)9-3(2)6;1-2-3-4-5;/h3-10H,1-2H3,(H,22,23,24);3-9H,16H2,1-2H3;1H;5H,2-4H2,1H3;1H4. The van der Waals surface area contributed by atoms with Crippen LogP contribution in [0.15, 0.2) is 106 Å². The summed E-state index contributed by atoms with van der Waals surface area (Å²) in [6.07, 6.45) is 5.07. The fourth-order valence-electron chi connectivity index (χ4n) is 4.86. The number of nitrogen functional groups attached to an aromatic ring is 1. The Bertz CT molecular complexity index is 2420. The number of nitrogens with one attached hydrogen (secondary N) is 1. The van der Waals surface area contributed by atoms with E-state index in [1.165, 1.54) is 24.5 Å². The van der Waals surface area contributed by atoms with E-state index in [0.717, 1.165) is 12.8 Å². The van der Waals surface area contributed by atoms with Crippen LogP contribution < -0.4 is 21.7 Å². The lowest BCUT2D eigenvalue weighted by Crippen LogP contribution is -2.11. The number of aliphatic hydroxyl groups excluding tert-OH is 1. The predicted molar refractivity (Wildman–Crippen MR) is 253 cm³/mol. The summed E-state index contributed by atoms with van der Waals surface area (Å²) in [4.78, 5) is 15.3. The molecule has 6 rings (SSSR count). The number of unbranched alkanes of at least 4 members (excludes halogenated alkanes) is 1. The van der Waals surface area contributed by atoms with Crippen LogP contribution in [0.25, 0.3) is 22.3 Å². The molecule has 0 aliphatic rings. The second-order valence-electron chi connectivity index (χ2n) is 13.0. The number of nitrogens with two attached hydrogens (primary N) is 1. The lowest BCUT2D eigenvalue weighted by molar-refractivity contribution is 0.287. The maximum absolute atomic E-state index is 14.1. The molecule has 4 N–H and O–H groups in total. The van der Waals surface area contributed by atoms with Crippen molar-refractivity contribution in [3.8, 4) is 22.3 Å². The van der Waals surface area contributed by atoms with Gasteiger partial charge in [-0.05, 0) is 136 Å². The molecule has 0 amide bonds. The molecule has 9 nitrogen and oxygen atoms in total. The van der Waals surface area contributed by atoms with E-state index in [-0.39, 0.29) is 29.6 Å². The van der Waals surface area contributed by atoms with Crippen LogP contribution in [-0.4, -0.2) is 58.3 Å². The van der Waals surface area contributed by atoms with Gasteiger partial charge in [0.25, 0.3) is 0 Å². The molecule has 0 aliphatic heterocycles. The van der Waals surface area contributed by atoms with Crippen LogP contribution in [0.3, 0.4) is 0 Å². The largest absolute Gasteiger partial charge is 0.398 e. The van der Waals surface area contributed by atoms with Gasteiger partial charge in [-0.3, -0.25) is 0 Å². The van der Waals surface area contributed by atoms with Crippen molar-refractivity contribution >= 4 is 109 Å². The molecule has 0 unspecified atom stereocenters. The SMILES string of the molecule is C.CCCCO.CP(C)(=O)c1cc(-c2ccccc2F)ccc1N.CP(C)(=O)c1cc(-c2ccccc2F)ccc1Nc1nc(Cl)ncc1Br.Clc1ncc(Br)c(Cl)n1. The molecule has 6 aromatic rings. The second-order valence-corrected chi connectivity index (χ2v) is 22.1.